The molecule has 0 radical (unpaired) electrons. The molecule has 0 aliphatic carbocycles. The lowest BCUT2D eigenvalue weighted by molar-refractivity contribution is 0.558. The van der Waals surface area contributed by atoms with Crippen molar-refractivity contribution in [2.24, 2.45) is 0 Å². The fourth-order valence-electron chi connectivity index (χ4n) is 6.49. The number of oxazole rings is 2. The van der Waals surface area contributed by atoms with Gasteiger partial charge in [-0.3, -0.25) is 9.97 Å². The monoisotopic (exact) mass is 592 g/mol. The molecular formula is C40H24N4O2. The van der Waals surface area contributed by atoms with Gasteiger partial charge in [0.1, 0.15) is 23.9 Å². The summed E-state index contributed by atoms with van der Waals surface area (Å²) < 4.78 is 10.6. The fraction of sp³-hybridized carbons (Fsp3) is 0. The molecule has 0 atom stereocenters. The number of pyridine rings is 2. The predicted molar refractivity (Wildman–Crippen MR) is 182 cm³/mol. The number of nitrogens with zero attached hydrogens (tertiary/aromatic N) is 4. The minimum absolute atomic E-state index is 0.743. The highest BCUT2D eigenvalue weighted by molar-refractivity contribution is 6.22. The lowest BCUT2D eigenvalue weighted by atomic mass is 9.85. The third-order valence-electron chi connectivity index (χ3n) is 8.62. The second-order valence-electron chi connectivity index (χ2n) is 11.3. The zero-order chi connectivity index (χ0) is 30.5. The summed E-state index contributed by atoms with van der Waals surface area (Å²) in [7, 11) is 0. The third-order valence-corrected chi connectivity index (χ3v) is 8.62. The topological polar surface area (TPSA) is 77.8 Å². The van der Waals surface area contributed by atoms with E-state index in [1.54, 1.807) is 12.5 Å². The first-order valence-corrected chi connectivity index (χ1v) is 15.0. The maximum atomic E-state index is 5.30. The van der Waals surface area contributed by atoms with Gasteiger partial charge in [-0.1, -0.05) is 72.8 Å². The zero-order valence-corrected chi connectivity index (χ0v) is 24.5. The van der Waals surface area contributed by atoms with Crippen LogP contribution in [0.4, 0.5) is 0 Å². The average Bonchev–Trinajstić information content (AvgIpc) is 3.86. The van der Waals surface area contributed by atoms with Crippen LogP contribution in [0.2, 0.25) is 0 Å². The molecule has 4 heterocycles. The van der Waals surface area contributed by atoms with Gasteiger partial charge in [0.05, 0.1) is 0 Å². The second-order valence-corrected chi connectivity index (χ2v) is 11.3. The molecule has 0 saturated heterocycles. The van der Waals surface area contributed by atoms with Gasteiger partial charge in [0, 0.05) is 47.0 Å². The summed E-state index contributed by atoms with van der Waals surface area (Å²) in [5.41, 5.74) is 9.78. The SMILES string of the molecule is c1ccc2cc(-c3ccc4c(-c5cncc(-c6cocn6)c5)c5ccccc5c(-c5cncc(-c6cocn6)c5)c4c3)ccc2c1. The summed E-state index contributed by atoms with van der Waals surface area (Å²) in [6.07, 6.45) is 13.7. The van der Waals surface area contributed by atoms with Crippen molar-refractivity contribution in [1.29, 1.82) is 0 Å². The maximum absolute atomic E-state index is 5.30. The van der Waals surface area contributed by atoms with Crippen molar-refractivity contribution in [1.82, 2.24) is 19.9 Å². The molecule has 6 nitrogen and oxygen atoms in total. The van der Waals surface area contributed by atoms with Crippen LogP contribution in [-0.4, -0.2) is 19.9 Å². The van der Waals surface area contributed by atoms with E-state index in [2.05, 4.69) is 117 Å². The van der Waals surface area contributed by atoms with E-state index in [0.29, 0.717) is 0 Å². The van der Waals surface area contributed by atoms with E-state index in [1.165, 1.54) is 23.6 Å². The Kier molecular flexibility index (Phi) is 6.03. The lowest BCUT2D eigenvalue weighted by Crippen LogP contribution is -1.93. The Hall–Kier alpha value is -6.40. The van der Waals surface area contributed by atoms with E-state index in [4.69, 9.17) is 8.83 Å². The number of benzene rings is 5. The van der Waals surface area contributed by atoms with Gasteiger partial charge in [0.25, 0.3) is 0 Å². The van der Waals surface area contributed by atoms with Gasteiger partial charge in [-0.2, -0.15) is 0 Å². The summed E-state index contributed by atoms with van der Waals surface area (Å²) in [4.78, 5) is 18.0. The highest BCUT2D eigenvalue weighted by Crippen LogP contribution is 2.45. The van der Waals surface area contributed by atoms with Gasteiger partial charge in [-0.05, 0) is 78.8 Å². The number of hydrogen-bond acceptors (Lipinski definition) is 6. The molecule has 0 bridgehead atoms. The van der Waals surface area contributed by atoms with Gasteiger partial charge >= 0.3 is 0 Å². The number of fused-ring (bicyclic) bond motifs is 3. The largest absolute Gasteiger partial charge is 0.451 e. The number of hydrogen-bond donors (Lipinski definition) is 0. The first-order chi connectivity index (χ1) is 22.8. The molecule has 0 fully saturated rings. The molecule has 0 aliphatic rings. The van der Waals surface area contributed by atoms with Crippen molar-refractivity contribution < 1.29 is 8.83 Å². The molecule has 0 N–H and O–H groups in total. The highest BCUT2D eigenvalue weighted by Gasteiger charge is 2.19. The summed E-state index contributed by atoms with van der Waals surface area (Å²) in [6, 6.07) is 34.7. The van der Waals surface area contributed by atoms with E-state index >= 15 is 0 Å². The Balaban J connectivity index is 1.36. The van der Waals surface area contributed by atoms with Crippen LogP contribution < -0.4 is 0 Å². The van der Waals surface area contributed by atoms with E-state index in [-0.39, 0.29) is 0 Å². The molecule has 0 amide bonds. The molecule has 9 rings (SSSR count). The van der Waals surface area contributed by atoms with Crippen molar-refractivity contribution in [3.8, 4) is 55.9 Å². The zero-order valence-electron chi connectivity index (χ0n) is 24.5. The molecule has 5 aromatic carbocycles. The Morgan fingerprint density at radius 3 is 1.54 bits per heavy atom. The van der Waals surface area contributed by atoms with Crippen molar-refractivity contribution in [2.75, 3.05) is 0 Å². The van der Waals surface area contributed by atoms with Crippen LogP contribution in [0.15, 0.2) is 156 Å². The molecule has 46 heavy (non-hydrogen) atoms. The Morgan fingerprint density at radius 1 is 0.391 bits per heavy atom. The molecule has 0 spiro atoms. The van der Waals surface area contributed by atoms with Gasteiger partial charge in [0.2, 0.25) is 0 Å². The Bertz CT molecular complexity index is 2540. The maximum Gasteiger partial charge on any atom is 0.181 e. The van der Waals surface area contributed by atoms with Crippen LogP contribution in [0.5, 0.6) is 0 Å². The van der Waals surface area contributed by atoms with Gasteiger partial charge in [0.15, 0.2) is 12.8 Å². The first kappa shape index (κ1) is 26.0. The molecule has 6 heteroatoms. The van der Waals surface area contributed by atoms with Crippen LogP contribution in [0.25, 0.3) is 88.2 Å². The van der Waals surface area contributed by atoms with E-state index < -0.39 is 0 Å². The van der Waals surface area contributed by atoms with Crippen LogP contribution in [0, 0.1) is 0 Å². The fourth-order valence-corrected chi connectivity index (χ4v) is 6.49. The average molecular weight is 593 g/mol. The molecule has 0 unspecified atom stereocenters. The van der Waals surface area contributed by atoms with Crippen LogP contribution in [-0.2, 0) is 0 Å². The second kappa shape index (κ2) is 10.6. The first-order valence-electron chi connectivity index (χ1n) is 15.0. The molecule has 0 aliphatic heterocycles. The summed E-state index contributed by atoms with van der Waals surface area (Å²) in [5.74, 6) is 0. The van der Waals surface area contributed by atoms with Crippen LogP contribution in [0.1, 0.15) is 0 Å². The number of rotatable bonds is 5. The van der Waals surface area contributed by atoms with Crippen molar-refractivity contribution in [3.05, 3.63) is 147 Å². The van der Waals surface area contributed by atoms with Gasteiger partial charge < -0.3 is 8.83 Å². The molecule has 9 aromatic rings. The standard InChI is InChI=1S/C40H24N4O2/c1-2-6-26-13-27(10-9-25(26)5-1)28-11-12-35-36(16-28)40(32-15-30(18-42-20-32)38-22-46-24-44-38)34-8-4-3-7-33(34)39(35)31-14-29(17-41-19-31)37-21-45-23-43-37/h1-24H. The lowest BCUT2D eigenvalue weighted by Gasteiger charge is -2.19. The van der Waals surface area contributed by atoms with E-state index in [0.717, 1.165) is 77.4 Å². The minimum Gasteiger partial charge on any atom is -0.451 e. The van der Waals surface area contributed by atoms with Gasteiger partial charge in [-0.15, -0.1) is 0 Å². The normalized spacial score (nSPS) is 11.5. The third kappa shape index (κ3) is 4.35. The number of aromatic nitrogens is 4. The Labute approximate surface area is 263 Å². The smallest absolute Gasteiger partial charge is 0.181 e. The molecule has 216 valence electrons. The highest BCUT2D eigenvalue weighted by atomic mass is 16.3. The molecule has 0 saturated carbocycles. The molecule has 4 aromatic heterocycles. The minimum atomic E-state index is 0.743. The van der Waals surface area contributed by atoms with E-state index in [9.17, 15) is 0 Å². The van der Waals surface area contributed by atoms with Crippen LogP contribution >= 0.6 is 0 Å². The van der Waals surface area contributed by atoms with Crippen LogP contribution in [0.3, 0.4) is 0 Å². The molecular weight excluding hydrogens is 568 g/mol. The summed E-state index contributed by atoms with van der Waals surface area (Å²) >= 11 is 0. The van der Waals surface area contributed by atoms with Gasteiger partial charge in [-0.25, -0.2) is 9.97 Å². The quantitative estimate of drug-likeness (QED) is 0.185. The van der Waals surface area contributed by atoms with Crippen molar-refractivity contribution in [2.45, 2.75) is 0 Å². The Morgan fingerprint density at radius 2 is 0.913 bits per heavy atom. The summed E-state index contributed by atoms with van der Waals surface area (Å²) in [5, 5.41) is 6.89. The van der Waals surface area contributed by atoms with Crippen molar-refractivity contribution >= 4 is 32.3 Å². The predicted octanol–water partition coefficient (Wildman–Crippen LogP) is 10.2. The van der Waals surface area contributed by atoms with E-state index in [1.807, 2.05) is 24.8 Å². The summed E-state index contributed by atoms with van der Waals surface area (Å²) in [6.45, 7) is 0. The van der Waals surface area contributed by atoms with Crippen molar-refractivity contribution in [3.63, 3.8) is 0 Å².